The molecule has 7 heteroatoms. The first-order valence-electron chi connectivity index (χ1n) is 4.77. The van der Waals surface area contributed by atoms with Crippen LogP contribution in [0.5, 0.6) is 0 Å². The lowest BCUT2D eigenvalue weighted by Crippen LogP contribution is -2.15. The lowest BCUT2D eigenvalue weighted by molar-refractivity contribution is -0.139. The van der Waals surface area contributed by atoms with Crippen molar-refractivity contribution < 1.29 is 27.9 Å². The van der Waals surface area contributed by atoms with Gasteiger partial charge in [0.25, 0.3) is 0 Å². The number of hydrogen-bond donors (Lipinski definition) is 0. The summed E-state index contributed by atoms with van der Waals surface area (Å²) < 4.78 is 19.3. The molecule has 0 N–H and O–H groups in total. The van der Waals surface area contributed by atoms with Crippen LogP contribution in [0.15, 0.2) is 25.3 Å². The van der Waals surface area contributed by atoms with Gasteiger partial charge >= 0.3 is 21.9 Å². The molecule has 0 saturated carbocycles. The van der Waals surface area contributed by atoms with Gasteiger partial charge in [-0.1, -0.05) is 13.2 Å². The molecule has 0 aromatic rings. The molecule has 17 heavy (non-hydrogen) atoms. The summed E-state index contributed by atoms with van der Waals surface area (Å²) >= 11 is 0. The van der Waals surface area contributed by atoms with E-state index in [0.29, 0.717) is 0 Å². The largest absolute Gasteiger partial charge is 0.460 e. The van der Waals surface area contributed by atoms with Crippen molar-refractivity contribution in [3.63, 3.8) is 0 Å². The van der Waals surface area contributed by atoms with Gasteiger partial charge < -0.3 is 18.3 Å². The molecule has 6 nitrogen and oxygen atoms in total. The fraction of sp³-hybridized carbons (Fsp3) is 0.400. The van der Waals surface area contributed by atoms with E-state index in [1.54, 1.807) is 0 Å². The molecule has 0 heterocycles. The summed E-state index contributed by atoms with van der Waals surface area (Å²) in [7, 11) is -0.194. The van der Waals surface area contributed by atoms with Crippen LogP contribution in [0.3, 0.4) is 0 Å². The van der Waals surface area contributed by atoms with Crippen molar-refractivity contribution in [3.8, 4) is 0 Å². The lowest BCUT2D eigenvalue weighted by atomic mass is 10.6. The van der Waals surface area contributed by atoms with Crippen LogP contribution in [0.4, 0.5) is 0 Å². The van der Waals surface area contributed by atoms with Crippen LogP contribution in [-0.4, -0.2) is 48.4 Å². The Hall–Kier alpha value is -1.44. The number of carbonyl (C=O) groups is 2. The van der Waals surface area contributed by atoms with Gasteiger partial charge in [0.05, 0.1) is 13.2 Å². The van der Waals surface area contributed by atoms with Gasteiger partial charge in [-0.25, -0.2) is 9.59 Å². The Morgan fingerprint density at radius 2 is 1.29 bits per heavy atom. The molecule has 94 valence electrons. The highest BCUT2D eigenvalue weighted by molar-refractivity contribution is 6.17. The maximum atomic E-state index is 10.6. The lowest BCUT2D eigenvalue weighted by Gasteiger charge is -2.04. The number of rotatable bonds is 10. The van der Waals surface area contributed by atoms with E-state index in [0.717, 1.165) is 12.2 Å². The highest BCUT2D eigenvalue weighted by Gasteiger charge is 1.98. The van der Waals surface area contributed by atoms with Crippen molar-refractivity contribution in [2.75, 3.05) is 26.4 Å². The van der Waals surface area contributed by atoms with E-state index in [1.807, 2.05) is 0 Å². The molecule has 0 aromatic carbocycles. The second-order valence-electron chi connectivity index (χ2n) is 2.52. The van der Waals surface area contributed by atoms with E-state index in [1.165, 1.54) is 0 Å². The minimum absolute atomic E-state index is 0.145. The third-order valence-corrected chi connectivity index (χ3v) is 1.95. The Morgan fingerprint density at radius 1 is 0.882 bits per heavy atom. The Kier molecular flexibility index (Phi) is 10.1. The van der Waals surface area contributed by atoms with Gasteiger partial charge in [-0.2, -0.15) is 0 Å². The molecule has 0 aromatic heterocycles. The molecular weight excluding hydrogens is 244 g/mol. The van der Waals surface area contributed by atoms with Crippen LogP contribution in [0.2, 0.25) is 0 Å². The number of ether oxygens (including phenoxy) is 2. The van der Waals surface area contributed by atoms with Gasteiger partial charge in [-0.15, -0.1) is 0 Å². The van der Waals surface area contributed by atoms with Gasteiger partial charge in [0.2, 0.25) is 0 Å². The van der Waals surface area contributed by atoms with Gasteiger partial charge in [-0.05, 0) is 0 Å². The van der Waals surface area contributed by atoms with E-state index in [2.05, 4.69) is 22.6 Å². The van der Waals surface area contributed by atoms with Crippen LogP contribution in [-0.2, 0) is 27.9 Å². The summed E-state index contributed by atoms with van der Waals surface area (Å²) in [4.78, 5) is 21.2. The number of hydrogen-bond acceptors (Lipinski definition) is 6. The molecule has 0 unspecified atom stereocenters. The van der Waals surface area contributed by atoms with E-state index in [-0.39, 0.29) is 36.4 Å². The molecule has 0 aliphatic carbocycles. The third-order valence-electron chi connectivity index (χ3n) is 1.31. The van der Waals surface area contributed by atoms with Gasteiger partial charge in [0.15, 0.2) is 0 Å². The van der Waals surface area contributed by atoms with Crippen LogP contribution in [0, 0.1) is 0 Å². The normalized spacial score (nSPS) is 9.41. The smallest absolute Gasteiger partial charge is 0.433 e. The Morgan fingerprint density at radius 3 is 1.65 bits per heavy atom. The molecular formula is C10H14O6Si. The van der Waals surface area contributed by atoms with Gasteiger partial charge in [0, 0.05) is 12.2 Å². The summed E-state index contributed by atoms with van der Waals surface area (Å²) in [5.74, 6) is -0.983. The highest BCUT2D eigenvalue weighted by atomic mass is 28.3. The molecule has 0 fully saturated rings. The van der Waals surface area contributed by atoms with E-state index >= 15 is 0 Å². The summed E-state index contributed by atoms with van der Waals surface area (Å²) in [6.07, 6.45) is 2.15. The Balaban J connectivity index is 3.13. The fourth-order valence-corrected chi connectivity index (χ4v) is 1.03. The molecule has 0 aliphatic rings. The summed E-state index contributed by atoms with van der Waals surface area (Å²) in [6, 6.07) is 0. The average Bonchev–Trinajstić information content (AvgIpc) is 2.35. The van der Waals surface area contributed by atoms with E-state index in [4.69, 9.17) is 8.85 Å². The fourth-order valence-electron chi connectivity index (χ4n) is 0.611. The van der Waals surface area contributed by atoms with Crippen molar-refractivity contribution >= 4 is 21.9 Å². The van der Waals surface area contributed by atoms with Gasteiger partial charge in [-0.3, -0.25) is 0 Å². The van der Waals surface area contributed by atoms with E-state index < -0.39 is 11.9 Å². The second kappa shape index (κ2) is 11.1. The molecule has 0 bridgehead atoms. The van der Waals surface area contributed by atoms with Crippen LogP contribution < -0.4 is 0 Å². The first kappa shape index (κ1) is 15.6. The SMILES string of the molecule is C=CC(=O)OCCO[Si]OCCOC(=O)C=C. The van der Waals surface area contributed by atoms with Crippen molar-refractivity contribution in [1.29, 1.82) is 0 Å². The third kappa shape index (κ3) is 10.8. The Bertz CT molecular complexity index is 240. The predicted octanol–water partition coefficient (Wildman–Crippen LogP) is 0.0122. The topological polar surface area (TPSA) is 71.1 Å². The first-order valence-corrected chi connectivity index (χ1v) is 5.59. The minimum atomic E-state index is -0.491. The van der Waals surface area contributed by atoms with Crippen molar-refractivity contribution in [2.45, 2.75) is 0 Å². The maximum absolute atomic E-state index is 10.6. The quantitative estimate of drug-likeness (QED) is 0.238. The zero-order valence-electron chi connectivity index (χ0n) is 9.35. The maximum Gasteiger partial charge on any atom is 0.433 e. The molecule has 0 aliphatic heterocycles. The van der Waals surface area contributed by atoms with Crippen LogP contribution >= 0.6 is 0 Å². The molecule has 0 spiro atoms. The molecule has 2 radical (unpaired) electrons. The zero-order valence-corrected chi connectivity index (χ0v) is 10.3. The number of carbonyl (C=O) groups excluding carboxylic acids is 2. The molecule has 0 atom stereocenters. The number of esters is 2. The van der Waals surface area contributed by atoms with Crippen molar-refractivity contribution in [2.24, 2.45) is 0 Å². The Labute approximate surface area is 102 Å². The molecule has 0 amide bonds. The zero-order chi connectivity index (χ0) is 12.9. The standard InChI is InChI=1S/C10H14O6Si/c1-3-9(11)13-5-7-15-17-16-8-6-14-10(12)4-2/h3-4H,1-2,5-8H2. The summed E-state index contributed by atoms with van der Waals surface area (Å²) in [5.41, 5.74) is 0. The molecule has 0 rings (SSSR count). The predicted molar refractivity (Wildman–Crippen MR) is 60.0 cm³/mol. The van der Waals surface area contributed by atoms with Gasteiger partial charge in [0.1, 0.15) is 13.2 Å². The second-order valence-corrected chi connectivity index (χ2v) is 3.27. The summed E-state index contributed by atoms with van der Waals surface area (Å²) in [6.45, 7) is 7.26. The van der Waals surface area contributed by atoms with Crippen LogP contribution in [0.1, 0.15) is 0 Å². The molecule has 0 saturated heterocycles. The average molecular weight is 258 g/mol. The van der Waals surface area contributed by atoms with Crippen molar-refractivity contribution in [1.82, 2.24) is 0 Å². The monoisotopic (exact) mass is 258 g/mol. The van der Waals surface area contributed by atoms with E-state index in [9.17, 15) is 9.59 Å². The van der Waals surface area contributed by atoms with Crippen molar-refractivity contribution in [3.05, 3.63) is 25.3 Å². The first-order chi connectivity index (χ1) is 8.20. The summed E-state index contributed by atoms with van der Waals surface area (Å²) in [5, 5.41) is 0. The minimum Gasteiger partial charge on any atom is -0.460 e. The van der Waals surface area contributed by atoms with Crippen LogP contribution in [0.25, 0.3) is 0 Å². The highest BCUT2D eigenvalue weighted by Crippen LogP contribution is 1.83.